The van der Waals surface area contributed by atoms with Gasteiger partial charge >= 0.3 is 0 Å². The predicted molar refractivity (Wildman–Crippen MR) is 92.1 cm³/mol. The Morgan fingerprint density at radius 2 is 1.68 bits per heavy atom. The number of rotatable bonds is 6. The van der Waals surface area contributed by atoms with Crippen molar-refractivity contribution in [1.29, 1.82) is 0 Å². The number of carbonyl (C=O) groups is 1. The van der Waals surface area contributed by atoms with Gasteiger partial charge in [-0.1, -0.05) is 6.08 Å². The number of aromatic hydroxyl groups is 4. The largest absolute Gasteiger partial charge is 0.508 e. The average Bonchev–Trinajstić information content (AvgIpc) is 2.51. The van der Waals surface area contributed by atoms with Crippen molar-refractivity contribution in [2.75, 3.05) is 0 Å². The molecule has 5 N–H and O–H groups in total. The number of ketones is 1. The molecule has 0 aliphatic carbocycles. The van der Waals surface area contributed by atoms with E-state index in [9.17, 15) is 30.3 Å². The number of carbonyl (C=O) groups excluding carboxylic acids is 1. The summed E-state index contributed by atoms with van der Waals surface area (Å²) in [4.78, 5) is 12.4. The van der Waals surface area contributed by atoms with Gasteiger partial charge in [0.1, 0.15) is 23.0 Å². The van der Waals surface area contributed by atoms with E-state index in [1.54, 1.807) is 0 Å². The highest BCUT2D eigenvalue weighted by Gasteiger charge is 2.21. The molecule has 0 fully saturated rings. The SMILES string of the molecule is C=CC(C)(O)Cc1cc(CC(=O)c2ccc(O)cc2O)c(O)cc1O. The summed E-state index contributed by atoms with van der Waals surface area (Å²) in [5.74, 6) is -1.48. The molecule has 2 rings (SSSR count). The van der Waals surface area contributed by atoms with Gasteiger partial charge in [0, 0.05) is 30.5 Å². The molecule has 0 radical (unpaired) electrons. The fourth-order valence-corrected chi connectivity index (χ4v) is 2.44. The number of hydrogen-bond donors (Lipinski definition) is 5. The van der Waals surface area contributed by atoms with E-state index in [-0.39, 0.29) is 47.0 Å². The van der Waals surface area contributed by atoms with E-state index in [2.05, 4.69) is 6.58 Å². The highest BCUT2D eigenvalue weighted by atomic mass is 16.3. The molecule has 132 valence electrons. The lowest BCUT2D eigenvalue weighted by atomic mass is 9.93. The first kappa shape index (κ1) is 18.4. The standard InChI is InChI=1S/C19H20O6/c1-3-19(2,25)10-12-6-11(15(21)9-16(12)22)7-17(23)14-5-4-13(20)8-18(14)24/h3-6,8-9,20-22,24-25H,1,7,10H2,2H3. The van der Waals surface area contributed by atoms with Crippen LogP contribution in [-0.4, -0.2) is 36.9 Å². The Morgan fingerprint density at radius 3 is 2.28 bits per heavy atom. The van der Waals surface area contributed by atoms with Gasteiger partial charge in [-0.2, -0.15) is 0 Å². The molecule has 0 saturated heterocycles. The number of phenolic OH excluding ortho intramolecular Hbond substituents is 4. The van der Waals surface area contributed by atoms with Crippen LogP contribution < -0.4 is 0 Å². The second kappa shape index (κ2) is 6.86. The molecule has 0 amide bonds. The predicted octanol–water partition coefficient (Wildman–Crippen LogP) is 2.41. The summed E-state index contributed by atoms with van der Waals surface area (Å²) in [5.41, 5.74) is -0.666. The summed E-state index contributed by atoms with van der Waals surface area (Å²) in [6.07, 6.45) is 1.15. The highest BCUT2D eigenvalue weighted by molar-refractivity contribution is 6.00. The second-order valence-corrected chi connectivity index (χ2v) is 6.15. The molecule has 6 heteroatoms. The Morgan fingerprint density at radius 1 is 1.04 bits per heavy atom. The molecule has 2 aromatic rings. The molecule has 2 aromatic carbocycles. The molecule has 0 aliphatic heterocycles. The number of Topliss-reactive ketones (excluding diaryl/α,β-unsaturated/α-hetero) is 1. The number of hydrogen-bond acceptors (Lipinski definition) is 6. The highest BCUT2D eigenvalue weighted by Crippen LogP contribution is 2.32. The fraction of sp³-hybridized carbons (Fsp3) is 0.211. The van der Waals surface area contributed by atoms with E-state index >= 15 is 0 Å². The summed E-state index contributed by atoms with van der Waals surface area (Å²) in [6.45, 7) is 5.04. The normalized spacial score (nSPS) is 13.2. The maximum Gasteiger partial charge on any atom is 0.171 e. The maximum atomic E-state index is 12.4. The number of aliphatic hydroxyl groups is 1. The Kier molecular flexibility index (Phi) is 5.04. The molecule has 6 nitrogen and oxygen atoms in total. The van der Waals surface area contributed by atoms with Gasteiger partial charge in [-0.05, 0) is 30.7 Å². The van der Waals surface area contributed by atoms with Crippen LogP contribution in [0.25, 0.3) is 0 Å². The smallest absolute Gasteiger partial charge is 0.171 e. The quantitative estimate of drug-likeness (QED) is 0.406. The third-order valence-electron chi connectivity index (χ3n) is 3.90. The summed E-state index contributed by atoms with van der Waals surface area (Å²) in [5, 5.41) is 49.0. The summed E-state index contributed by atoms with van der Waals surface area (Å²) in [6, 6.07) is 6.15. The average molecular weight is 344 g/mol. The van der Waals surface area contributed by atoms with Crippen molar-refractivity contribution in [3.63, 3.8) is 0 Å². The number of phenols is 4. The molecular formula is C19H20O6. The minimum absolute atomic E-state index is 0.00455. The first-order valence-electron chi connectivity index (χ1n) is 7.58. The molecule has 1 atom stereocenters. The van der Waals surface area contributed by atoms with E-state index in [0.29, 0.717) is 5.56 Å². The van der Waals surface area contributed by atoms with Crippen LogP contribution in [-0.2, 0) is 12.8 Å². The summed E-state index contributed by atoms with van der Waals surface area (Å²) < 4.78 is 0. The number of benzene rings is 2. The van der Waals surface area contributed by atoms with E-state index in [1.165, 1.54) is 31.2 Å². The van der Waals surface area contributed by atoms with Crippen LogP contribution in [0.3, 0.4) is 0 Å². The van der Waals surface area contributed by atoms with Crippen LogP contribution in [0.5, 0.6) is 23.0 Å². The van der Waals surface area contributed by atoms with Gasteiger partial charge in [-0.25, -0.2) is 0 Å². The van der Waals surface area contributed by atoms with Crippen LogP contribution in [0.2, 0.25) is 0 Å². The zero-order valence-corrected chi connectivity index (χ0v) is 13.7. The summed E-state index contributed by atoms with van der Waals surface area (Å²) >= 11 is 0. The van der Waals surface area contributed by atoms with Crippen molar-refractivity contribution >= 4 is 5.78 Å². The zero-order chi connectivity index (χ0) is 18.8. The third kappa shape index (κ3) is 4.30. The maximum absolute atomic E-state index is 12.4. The molecule has 25 heavy (non-hydrogen) atoms. The lowest BCUT2D eigenvalue weighted by molar-refractivity contribution is 0.0989. The van der Waals surface area contributed by atoms with Crippen LogP contribution in [0.15, 0.2) is 43.0 Å². The van der Waals surface area contributed by atoms with Gasteiger partial charge in [0.05, 0.1) is 11.2 Å². The Bertz CT molecular complexity index is 823. The fourth-order valence-electron chi connectivity index (χ4n) is 2.44. The van der Waals surface area contributed by atoms with Crippen molar-refractivity contribution in [3.8, 4) is 23.0 Å². The van der Waals surface area contributed by atoms with E-state index < -0.39 is 11.4 Å². The van der Waals surface area contributed by atoms with Crippen LogP contribution in [0.4, 0.5) is 0 Å². The second-order valence-electron chi connectivity index (χ2n) is 6.15. The molecule has 0 spiro atoms. The van der Waals surface area contributed by atoms with E-state index in [4.69, 9.17) is 0 Å². The molecule has 0 aliphatic rings. The Hall–Kier alpha value is -2.99. The molecule has 1 unspecified atom stereocenters. The monoisotopic (exact) mass is 344 g/mol. The first-order chi connectivity index (χ1) is 11.6. The van der Waals surface area contributed by atoms with Crippen molar-refractivity contribution in [2.45, 2.75) is 25.4 Å². The Balaban J connectivity index is 2.32. The summed E-state index contributed by atoms with van der Waals surface area (Å²) in [7, 11) is 0. The molecule has 0 saturated carbocycles. The van der Waals surface area contributed by atoms with Gasteiger partial charge < -0.3 is 25.5 Å². The van der Waals surface area contributed by atoms with Crippen molar-refractivity contribution in [3.05, 3.63) is 59.7 Å². The minimum Gasteiger partial charge on any atom is -0.508 e. The first-order valence-corrected chi connectivity index (χ1v) is 7.58. The van der Waals surface area contributed by atoms with Crippen molar-refractivity contribution in [2.24, 2.45) is 0 Å². The lowest BCUT2D eigenvalue weighted by Crippen LogP contribution is -2.23. The van der Waals surface area contributed by atoms with E-state index in [1.807, 2.05) is 0 Å². The molecule has 0 heterocycles. The van der Waals surface area contributed by atoms with Crippen molar-refractivity contribution in [1.82, 2.24) is 0 Å². The van der Waals surface area contributed by atoms with Gasteiger partial charge in [-0.3, -0.25) is 4.79 Å². The van der Waals surface area contributed by atoms with Gasteiger partial charge in [0.2, 0.25) is 0 Å². The zero-order valence-electron chi connectivity index (χ0n) is 13.7. The minimum atomic E-state index is -1.26. The Labute approximate surface area is 144 Å². The van der Waals surface area contributed by atoms with Crippen molar-refractivity contribution < 1.29 is 30.3 Å². The van der Waals surface area contributed by atoms with Gasteiger partial charge in [0.15, 0.2) is 5.78 Å². The topological polar surface area (TPSA) is 118 Å². The van der Waals surface area contributed by atoms with Crippen LogP contribution in [0, 0.1) is 0 Å². The van der Waals surface area contributed by atoms with Crippen LogP contribution in [0.1, 0.15) is 28.4 Å². The van der Waals surface area contributed by atoms with Gasteiger partial charge in [0.25, 0.3) is 0 Å². The van der Waals surface area contributed by atoms with Crippen LogP contribution >= 0.6 is 0 Å². The van der Waals surface area contributed by atoms with E-state index in [0.717, 1.165) is 12.1 Å². The third-order valence-corrected chi connectivity index (χ3v) is 3.90. The molecule has 0 aromatic heterocycles. The molecule has 0 bridgehead atoms. The van der Waals surface area contributed by atoms with Gasteiger partial charge in [-0.15, -0.1) is 6.58 Å². The molecular weight excluding hydrogens is 324 g/mol. The lowest BCUT2D eigenvalue weighted by Gasteiger charge is -2.20.